The highest BCUT2D eigenvalue weighted by Crippen LogP contribution is 2.63. The highest BCUT2D eigenvalue weighted by Gasteiger charge is 2.66. The third-order valence-electron chi connectivity index (χ3n) is 8.83. The van der Waals surface area contributed by atoms with E-state index in [-0.39, 0.29) is 29.3 Å². The number of benzene rings is 2. The van der Waals surface area contributed by atoms with Crippen LogP contribution < -0.4 is 9.47 Å². The fourth-order valence-corrected chi connectivity index (χ4v) is 7.27. The number of methoxy groups -OCH3 is 1. The van der Waals surface area contributed by atoms with Crippen LogP contribution in [0.1, 0.15) is 48.8 Å². The van der Waals surface area contributed by atoms with E-state index in [1.165, 1.54) is 16.7 Å². The Balaban J connectivity index is 1.18. The average molecular weight is 464 g/mol. The van der Waals surface area contributed by atoms with Gasteiger partial charge in [0.25, 0.3) is 0 Å². The van der Waals surface area contributed by atoms with Crippen LogP contribution in [0.15, 0.2) is 36.4 Å². The number of aryl methyl sites for hydroxylation is 1. The Labute approximate surface area is 200 Å². The van der Waals surface area contributed by atoms with E-state index in [4.69, 9.17) is 14.2 Å². The van der Waals surface area contributed by atoms with Gasteiger partial charge >= 0.3 is 5.97 Å². The van der Waals surface area contributed by atoms with E-state index in [0.717, 1.165) is 50.8 Å². The molecule has 6 heteroatoms. The van der Waals surface area contributed by atoms with Crippen LogP contribution in [-0.4, -0.2) is 54.9 Å². The van der Waals surface area contributed by atoms with Crippen LogP contribution in [0.25, 0.3) is 0 Å². The number of hydrogen-bond donors (Lipinski definition) is 1. The second-order valence-corrected chi connectivity index (χ2v) is 10.4. The van der Waals surface area contributed by atoms with Crippen molar-refractivity contribution in [1.82, 2.24) is 4.90 Å². The van der Waals surface area contributed by atoms with E-state index in [0.29, 0.717) is 24.1 Å². The van der Waals surface area contributed by atoms with Crippen molar-refractivity contribution in [2.24, 2.45) is 5.92 Å². The van der Waals surface area contributed by atoms with Gasteiger partial charge in [-0.25, -0.2) is 0 Å². The molecule has 1 saturated heterocycles. The number of nitrogens with zero attached hydrogens (tertiary/aromatic N) is 1. The summed E-state index contributed by atoms with van der Waals surface area (Å²) in [7, 11) is 3.88. The minimum absolute atomic E-state index is 0.155. The molecule has 5 atom stereocenters. The maximum Gasteiger partial charge on any atom is 0.306 e. The van der Waals surface area contributed by atoms with Gasteiger partial charge in [-0.05, 0) is 87.4 Å². The molecule has 2 aliphatic heterocycles. The Morgan fingerprint density at radius 3 is 2.82 bits per heavy atom. The van der Waals surface area contributed by atoms with Gasteiger partial charge in [0.1, 0.15) is 18.0 Å². The molecular weight excluding hydrogens is 430 g/mol. The summed E-state index contributed by atoms with van der Waals surface area (Å²) in [4.78, 5) is 15.4. The van der Waals surface area contributed by atoms with E-state index < -0.39 is 0 Å². The molecule has 1 saturated carbocycles. The quantitative estimate of drug-likeness (QED) is 0.653. The number of phenols is 1. The number of hydrogen-bond acceptors (Lipinski definition) is 6. The van der Waals surface area contributed by atoms with E-state index >= 15 is 0 Å². The summed E-state index contributed by atoms with van der Waals surface area (Å²) in [5.41, 5.74) is 3.51. The van der Waals surface area contributed by atoms with Crippen LogP contribution in [-0.2, 0) is 27.8 Å². The lowest BCUT2D eigenvalue weighted by Crippen LogP contribution is -2.66. The van der Waals surface area contributed by atoms with E-state index in [9.17, 15) is 9.90 Å². The second-order valence-electron chi connectivity index (χ2n) is 10.4. The molecule has 2 fully saturated rings. The van der Waals surface area contributed by atoms with Gasteiger partial charge in [-0.15, -0.1) is 0 Å². The van der Waals surface area contributed by atoms with Crippen LogP contribution >= 0.6 is 0 Å². The minimum Gasteiger partial charge on any atom is -0.504 e. The Morgan fingerprint density at radius 2 is 2.03 bits per heavy atom. The molecule has 1 spiro atoms. The third-order valence-corrected chi connectivity index (χ3v) is 8.83. The van der Waals surface area contributed by atoms with Gasteiger partial charge in [0.2, 0.25) is 0 Å². The summed E-state index contributed by atoms with van der Waals surface area (Å²) in [6.45, 7) is 0.998. The number of rotatable bonds is 6. The standard InChI is InChI=1S/C28H33NO5/c1-29-15-14-28-20-11-13-23(33-24(31)5-3-4-17-6-9-19(32-2)10-7-17)27(28)34-26-22(30)12-8-18(25(26)28)16-21(20)29/h6-10,12,20-21,23,27,30H,3-5,11,13-16H2,1-2H3/t20-,21+,23-,27-,28-/m0/s1. The van der Waals surface area contributed by atoms with Gasteiger partial charge < -0.3 is 24.2 Å². The van der Waals surface area contributed by atoms with Crippen molar-refractivity contribution in [2.75, 3.05) is 20.7 Å². The fourth-order valence-electron chi connectivity index (χ4n) is 7.27. The molecule has 180 valence electrons. The fraction of sp³-hybridized carbons (Fsp3) is 0.536. The number of ether oxygens (including phenoxy) is 3. The topological polar surface area (TPSA) is 68.2 Å². The molecule has 6 nitrogen and oxygen atoms in total. The predicted octanol–water partition coefficient (Wildman–Crippen LogP) is 4.00. The Bertz CT molecular complexity index is 1100. The molecule has 2 aromatic rings. The second kappa shape index (κ2) is 8.19. The normalized spacial score (nSPS) is 30.9. The van der Waals surface area contributed by atoms with Crippen molar-refractivity contribution in [3.63, 3.8) is 0 Å². The third kappa shape index (κ3) is 3.22. The van der Waals surface area contributed by atoms with Crippen molar-refractivity contribution in [2.45, 2.75) is 68.6 Å². The van der Waals surface area contributed by atoms with E-state index in [1.807, 2.05) is 24.3 Å². The van der Waals surface area contributed by atoms with Crippen molar-refractivity contribution >= 4 is 5.97 Å². The summed E-state index contributed by atoms with van der Waals surface area (Å²) in [5, 5.41) is 10.6. The number of aromatic hydroxyl groups is 1. The molecule has 2 heterocycles. The van der Waals surface area contributed by atoms with E-state index in [2.05, 4.69) is 18.0 Å². The summed E-state index contributed by atoms with van der Waals surface area (Å²) >= 11 is 0. The molecule has 0 unspecified atom stereocenters. The Hall–Kier alpha value is -2.73. The summed E-state index contributed by atoms with van der Waals surface area (Å²) in [5.74, 6) is 2.00. The molecule has 2 aromatic carbocycles. The molecular formula is C28H33NO5. The smallest absolute Gasteiger partial charge is 0.306 e. The lowest BCUT2D eigenvalue weighted by atomic mass is 9.51. The van der Waals surface area contributed by atoms with Gasteiger partial charge in [-0.3, -0.25) is 4.79 Å². The number of likely N-dealkylation sites (N-methyl/N-ethyl adjacent to an activating group) is 1. The van der Waals surface area contributed by atoms with Crippen molar-refractivity contribution in [3.8, 4) is 17.2 Å². The maximum absolute atomic E-state index is 12.9. The highest BCUT2D eigenvalue weighted by molar-refractivity contribution is 5.70. The summed E-state index contributed by atoms with van der Waals surface area (Å²) in [6.07, 6.45) is 5.29. The number of carbonyl (C=O) groups is 1. The van der Waals surface area contributed by atoms with Crippen LogP contribution in [0.5, 0.6) is 17.2 Å². The molecule has 6 rings (SSSR count). The monoisotopic (exact) mass is 463 g/mol. The minimum atomic E-state index is -0.272. The Kier molecular flexibility index (Phi) is 5.25. The Morgan fingerprint density at radius 1 is 1.21 bits per heavy atom. The predicted molar refractivity (Wildman–Crippen MR) is 127 cm³/mol. The van der Waals surface area contributed by atoms with Crippen LogP contribution in [0.3, 0.4) is 0 Å². The van der Waals surface area contributed by atoms with Crippen molar-refractivity contribution in [3.05, 3.63) is 53.1 Å². The highest BCUT2D eigenvalue weighted by atomic mass is 16.6. The molecule has 1 N–H and O–H groups in total. The zero-order chi connectivity index (χ0) is 23.4. The molecule has 0 radical (unpaired) electrons. The van der Waals surface area contributed by atoms with Crippen LogP contribution in [0.4, 0.5) is 0 Å². The number of carbonyl (C=O) groups excluding carboxylic acids is 1. The first-order chi connectivity index (χ1) is 16.5. The van der Waals surface area contributed by atoms with Crippen LogP contribution in [0.2, 0.25) is 0 Å². The molecule has 0 amide bonds. The van der Waals surface area contributed by atoms with Gasteiger partial charge in [0.15, 0.2) is 11.5 Å². The summed E-state index contributed by atoms with van der Waals surface area (Å²) < 4.78 is 17.8. The number of likely N-dealkylation sites (tertiary alicyclic amines) is 1. The largest absolute Gasteiger partial charge is 0.504 e. The molecule has 0 aromatic heterocycles. The summed E-state index contributed by atoms with van der Waals surface area (Å²) in [6, 6.07) is 12.3. The van der Waals surface area contributed by atoms with E-state index in [1.54, 1.807) is 13.2 Å². The zero-order valence-corrected chi connectivity index (χ0v) is 20.0. The van der Waals surface area contributed by atoms with Gasteiger partial charge in [-0.1, -0.05) is 18.2 Å². The lowest BCUT2D eigenvalue weighted by molar-refractivity contribution is -0.166. The zero-order valence-electron chi connectivity index (χ0n) is 20.0. The van der Waals surface area contributed by atoms with Gasteiger partial charge in [0, 0.05) is 23.4 Å². The SMILES string of the molecule is COc1ccc(CCCC(=O)O[C@H]2CC[C@H]3[C@H]4Cc5ccc(O)c6c5[C@@]3(CCN4C)[C@H]2O6)cc1. The first-order valence-electron chi connectivity index (χ1n) is 12.6. The average Bonchev–Trinajstić information content (AvgIpc) is 3.20. The first kappa shape index (κ1) is 21.8. The van der Waals surface area contributed by atoms with Crippen molar-refractivity contribution < 1.29 is 24.1 Å². The lowest BCUT2D eigenvalue weighted by Gasteiger charge is -2.58. The maximum atomic E-state index is 12.9. The van der Waals surface area contributed by atoms with Crippen LogP contribution in [0, 0.1) is 5.92 Å². The van der Waals surface area contributed by atoms with Gasteiger partial charge in [0.05, 0.1) is 7.11 Å². The molecule has 4 aliphatic rings. The number of piperidine rings is 1. The molecule has 2 bridgehead atoms. The number of esters is 1. The van der Waals surface area contributed by atoms with Crippen molar-refractivity contribution in [1.29, 1.82) is 0 Å². The molecule has 2 aliphatic carbocycles. The number of phenolic OH excluding ortho intramolecular Hbond substituents is 1. The van der Waals surface area contributed by atoms with Gasteiger partial charge in [-0.2, -0.15) is 0 Å². The molecule has 34 heavy (non-hydrogen) atoms. The first-order valence-corrected chi connectivity index (χ1v) is 12.6.